The van der Waals surface area contributed by atoms with Crippen LogP contribution in [0.1, 0.15) is 27.0 Å². The van der Waals surface area contributed by atoms with E-state index in [9.17, 15) is 4.79 Å². The molecule has 1 heterocycles. The first-order chi connectivity index (χ1) is 15.0. The second kappa shape index (κ2) is 8.78. The van der Waals surface area contributed by atoms with Crippen LogP contribution in [-0.4, -0.2) is 25.1 Å². The minimum absolute atomic E-state index is 0.157. The monoisotopic (exact) mass is 432 g/mol. The largest absolute Gasteiger partial charge is 0.497 e. The van der Waals surface area contributed by atoms with Gasteiger partial charge in [0.25, 0.3) is 5.91 Å². The van der Waals surface area contributed by atoms with Gasteiger partial charge in [0, 0.05) is 11.6 Å². The van der Waals surface area contributed by atoms with Gasteiger partial charge in [-0.1, -0.05) is 53.8 Å². The number of aromatic nitrogens is 1. The average Bonchev–Trinajstić information content (AvgIpc) is 3.26. The quantitative estimate of drug-likeness (QED) is 0.388. The van der Waals surface area contributed by atoms with Gasteiger partial charge in [-0.15, -0.1) is 0 Å². The summed E-state index contributed by atoms with van der Waals surface area (Å²) < 4.78 is 11.8. The van der Waals surface area contributed by atoms with E-state index < -0.39 is 0 Å². The molecule has 0 spiro atoms. The summed E-state index contributed by atoms with van der Waals surface area (Å²) >= 11 is 1.54. The molecule has 0 bridgehead atoms. The van der Waals surface area contributed by atoms with E-state index in [4.69, 9.17) is 14.5 Å². The molecular formula is C25H24N2O3S. The molecule has 0 aliphatic rings. The van der Waals surface area contributed by atoms with Crippen LogP contribution in [0.2, 0.25) is 0 Å². The molecule has 1 amide bonds. The van der Waals surface area contributed by atoms with Gasteiger partial charge in [0.2, 0.25) is 0 Å². The van der Waals surface area contributed by atoms with Gasteiger partial charge in [-0.2, -0.15) is 0 Å². The molecular weight excluding hydrogens is 408 g/mol. The van der Waals surface area contributed by atoms with Crippen molar-refractivity contribution in [2.24, 2.45) is 0 Å². The predicted octanol–water partition coefficient (Wildman–Crippen LogP) is 5.78. The van der Waals surface area contributed by atoms with Crippen LogP contribution in [-0.2, 0) is 6.54 Å². The number of aryl methyl sites for hydroxylation is 2. The number of anilines is 1. The van der Waals surface area contributed by atoms with Crippen molar-refractivity contribution in [3.8, 4) is 11.5 Å². The molecule has 1 aromatic heterocycles. The van der Waals surface area contributed by atoms with E-state index in [2.05, 4.69) is 19.1 Å². The average molecular weight is 433 g/mol. The zero-order valence-corrected chi connectivity index (χ0v) is 18.8. The van der Waals surface area contributed by atoms with Crippen molar-refractivity contribution in [1.82, 2.24) is 4.98 Å². The Kier molecular flexibility index (Phi) is 5.91. The Balaban J connectivity index is 1.83. The molecule has 3 aromatic carbocycles. The van der Waals surface area contributed by atoms with E-state index in [0.29, 0.717) is 28.7 Å². The first-order valence-corrected chi connectivity index (χ1v) is 10.8. The van der Waals surface area contributed by atoms with Gasteiger partial charge in [-0.3, -0.25) is 9.69 Å². The number of methoxy groups -OCH3 is 2. The van der Waals surface area contributed by atoms with Crippen LogP contribution in [0, 0.1) is 13.8 Å². The van der Waals surface area contributed by atoms with Crippen molar-refractivity contribution in [2.75, 3.05) is 19.1 Å². The highest BCUT2D eigenvalue weighted by Crippen LogP contribution is 2.35. The molecule has 0 saturated heterocycles. The number of ether oxygens (including phenoxy) is 2. The lowest BCUT2D eigenvalue weighted by atomic mass is 10.1. The fraction of sp³-hybridized carbons (Fsp3) is 0.200. The number of fused-ring (bicyclic) bond motifs is 1. The highest BCUT2D eigenvalue weighted by atomic mass is 32.1. The second-order valence-corrected chi connectivity index (χ2v) is 8.33. The molecule has 31 heavy (non-hydrogen) atoms. The summed E-state index contributed by atoms with van der Waals surface area (Å²) in [6.07, 6.45) is 0. The third-order valence-electron chi connectivity index (χ3n) is 5.19. The van der Waals surface area contributed by atoms with Gasteiger partial charge < -0.3 is 9.47 Å². The summed E-state index contributed by atoms with van der Waals surface area (Å²) in [6.45, 7) is 4.53. The lowest BCUT2D eigenvalue weighted by Gasteiger charge is -2.21. The van der Waals surface area contributed by atoms with Crippen molar-refractivity contribution >= 4 is 32.6 Å². The summed E-state index contributed by atoms with van der Waals surface area (Å²) in [5.41, 5.74) is 4.70. The Morgan fingerprint density at radius 1 is 0.935 bits per heavy atom. The Hall–Kier alpha value is -3.38. The number of hydrogen-bond acceptors (Lipinski definition) is 5. The molecule has 0 fully saturated rings. The van der Waals surface area contributed by atoms with Crippen LogP contribution in [0.3, 0.4) is 0 Å². The third kappa shape index (κ3) is 4.25. The number of nitrogens with zero attached hydrogens (tertiary/aromatic N) is 2. The van der Waals surface area contributed by atoms with Crippen LogP contribution in [0.4, 0.5) is 5.13 Å². The van der Waals surface area contributed by atoms with E-state index in [-0.39, 0.29) is 5.91 Å². The number of carbonyl (C=O) groups is 1. The molecule has 4 rings (SSSR count). The van der Waals surface area contributed by atoms with E-state index >= 15 is 0 Å². The molecule has 0 unspecified atom stereocenters. The minimum Gasteiger partial charge on any atom is -0.497 e. The smallest absolute Gasteiger partial charge is 0.260 e. The predicted molar refractivity (Wildman–Crippen MR) is 126 cm³/mol. The Labute approximate surface area is 185 Å². The summed E-state index contributed by atoms with van der Waals surface area (Å²) in [4.78, 5) is 20.3. The van der Waals surface area contributed by atoms with Crippen LogP contribution in [0.15, 0.2) is 60.7 Å². The van der Waals surface area contributed by atoms with E-state index in [0.717, 1.165) is 26.9 Å². The van der Waals surface area contributed by atoms with Crippen molar-refractivity contribution in [3.63, 3.8) is 0 Å². The highest BCUT2D eigenvalue weighted by molar-refractivity contribution is 7.22. The highest BCUT2D eigenvalue weighted by Gasteiger charge is 2.24. The Morgan fingerprint density at radius 2 is 1.58 bits per heavy atom. The van der Waals surface area contributed by atoms with Crippen LogP contribution >= 0.6 is 11.3 Å². The summed E-state index contributed by atoms with van der Waals surface area (Å²) in [5, 5.41) is 0.669. The summed E-state index contributed by atoms with van der Waals surface area (Å²) in [7, 11) is 3.15. The SMILES string of the molecule is COc1cc(OC)cc(C(=O)N(Cc2ccccc2)c2nc3c(C)ccc(C)c3s2)c1. The van der Waals surface area contributed by atoms with E-state index in [1.165, 1.54) is 11.3 Å². The molecule has 0 N–H and O–H groups in total. The van der Waals surface area contributed by atoms with Crippen LogP contribution in [0.25, 0.3) is 10.2 Å². The van der Waals surface area contributed by atoms with Crippen molar-refractivity contribution < 1.29 is 14.3 Å². The van der Waals surface area contributed by atoms with Gasteiger partial charge in [0.1, 0.15) is 11.5 Å². The first kappa shape index (κ1) is 20.9. The molecule has 0 radical (unpaired) electrons. The number of thiazole rings is 1. The zero-order chi connectivity index (χ0) is 22.0. The molecule has 158 valence electrons. The molecule has 6 heteroatoms. The fourth-order valence-electron chi connectivity index (χ4n) is 3.44. The zero-order valence-electron chi connectivity index (χ0n) is 18.0. The first-order valence-electron chi connectivity index (χ1n) is 9.95. The summed E-state index contributed by atoms with van der Waals surface area (Å²) in [6, 6.07) is 19.3. The van der Waals surface area contributed by atoms with Crippen LogP contribution in [0.5, 0.6) is 11.5 Å². The molecule has 0 saturated carbocycles. The molecule has 5 nitrogen and oxygen atoms in total. The van der Waals surface area contributed by atoms with Gasteiger partial charge in [-0.05, 0) is 42.7 Å². The van der Waals surface area contributed by atoms with Crippen molar-refractivity contribution in [2.45, 2.75) is 20.4 Å². The second-order valence-electron chi connectivity index (χ2n) is 7.35. The van der Waals surface area contributed by atoms with Gasteiger partial charge in [0.15, 0.2) is 5.13 Å². The molecule has 0 aliphatic heterocycles. The van der Waals surface area contributed by atoms with Gasteiger partial charge in [0.05, 0.1) is 31.0 Å². The normalized spacial score (nSPS) is 10.8. The summed E-state index contributed by atoms with van der Waals surface area (Å²) in [5.74, 6) is 0.979. The maximum absolute atomic E-state index is 13.7. The number of carbonyl (C=O) groups excluding carboxylic acids is 1. The van der Waals surface area contributed by atoms with Crippen molar-refractivity contribution in [1.29, 1.82) is 0 Å². The molecule has 0 atom stereocenters. The number of benzene rings is 3. The van der Waals surface area contributed by atoms with E-state index in [1.807, 2.05) is 37.3 Å². The lowest BCUT2D eigenvalue weighted by molar-refractivity contribution is 0.0984. The Morgan fingerprint density at radius 3 is 2.19 bits per heavy atom. The third-order valence-corrected chi connectivity index (χ3v) is 6.40. The molecule has 4 aromatic rings. The molecule has 0 aliphatic carbocycles. The number of rotatable bonds is 6. The Bertz CT molecular complexity index is 1170. The van der Waals surface area contributed by atoms with Crippen molar-refractivity contribution in [3.05, 3.63) is 82.9 Å². The maximum atomic E-state index is 13.7. The van der Waals surface area contributed by atoms with E-state index in [1.54, 1.807) is 37.3 Å². The fourth-order valence-corrected chi connectivity index (χ4v) is 4.55. The van der Waals surface area contributed by atoms with Gasteiger partial charge in [-0.25, -0.2) is 4.98 Å². The topological polar surface area (TPSA) is 51.7 Å². The van der Waals surface area contributed by atoms with Crippen LogP contribution < -0.4 is 14.4 Å². The maximum Gasteiger partial charge on any atom is 0.260 e. The lowest BCUT2D eigenvalue weighted by Crippen LogP contribution is -2.30. The number of amides is 1. The minimum atomic E-state index is -0.157. The number of hydrogen-bond donors (Lipinski definition) is 0. The standard InChI is InChI=1S/C25H24N2O3S/c1-16-10-11-17(2)23-22(16)26-25(31-23)27(15-18-8-6-5-7-9-18)24(28)19-12-20(29-3)14-21(13-19)30-4/h5-14H,15H2,1-4H3. The van der Waals surface area contributed by atoms with Gasteiger partial charge >= 0.3 is 0 Å².